The second kappa shape index (κ2) is 7.05. The summed E-state index contributed by atoms with van der Waals surface area (Å²) >= 11 is 0. The lowest BCUT2D eigenvalue weighted by Gasteiger charge is -2.20. The molecule has 5 heteroatoms. The summed E-state index contributed by atoms with van der Waals surface area (Å²) in [4.78, 5) is 11.4. The highest BCUT2D eigenvalue weighted by atomic mass is 16.3. The van der Waals surface area contributed by atoms with Gasteiger partial charge in [-0.05, 0) is 32.4 Å². The fourth-order valence-electron chi connectivity index (χ4n) is 2.13. The molecule has 0 atom stereocenters. The third kappa shape index (κ3) is 3.17. The number of anilines is 2. The van der Waals surface area contributed by atoms with E-state index < -0.39 is 0 Å². The number of fused-ring (bicyclic) bond motifs is 1. The normalized spacial score (nSPS) is 10.8. The Kier molecular flexibility index (Phi) is 5.12. The van der Waals surface area contributed by atoms with E-state index >= 15 is 0 Å². The van der Waals surface area contributed by atoms with E-state index in [2.05, 4.69) is 34.0 Å². The Labute approximate surface area is 119 Å². The maximum atomic E-state index is 8.90. The fraction of sp³-hybridized carbons (Fsp3) is 0.467. The van der Waals surface area contributed by atoms with Crippen LogP contribution in [0.4, 0.5) is 11.8 Å². The van der Waals surface area contributed by atoms with Gasteiger partial charge in [0.2, 0.25) is 5.95 Å². The first-order valence-electron chi connectivity index (χ1n) is 7.16. The topological polar surface area (TPSA) is 61.3 Å². The Hall–Kier alpha value is -1.88. The van der Waals surface area contributed by atoms with Crippen molar-refractivity contribution in [3.05, 3.63) is 24.3 Å². The first kappa shape index (κ1) is 14.5. The second-order valence-corrected chi connectivity index (χ2v) is 4.57. The summed E-state index contributed by atoms with van der Waals surface area (Å²) in [6.45, 7) is 6.84. The number of nitrogens with zero attached hydrogens (tertiary/aromatic N) is 3. The van der Waals surface area contributed by atoms with Gasteiger partial charge in [0.25, 0.3) is 0 Å². The van der Waals surface area contributed by atoms with Crippen LogP contribution in [0.3, 0.4) is 0 Å². The minimum atomic E-state index is 0.179. The van der Waals surface area contributed by atoms with Crippen molar-refractivity contribution in [2.45, 2.75) is 20.3 Å². The van der Waals surface area contributed by atoms with E-state index in [-0.39, 0.29) is 6.61 Å². The van der Waals surface area contributed by atoms with E-state index in [1.807, 2.05) is 24.3 Å². The summed E-state index contributed by atoms with van der Waals surface area (Å²) in [7, 11) is 0. The molecule has 1 aromatic heterocycles. The molecule has 1 heterocycles. The average Bonchev–Trinajstić information content (AvgIpc) is 2.49. The number of hydrogen-bond donors (Lipinski definition) is 2. The number of para-hydroxylation sites is 1. The van der Waals surface area contributed by atoms with Crippen LogP contribution in [0.5, 0.6) is 0 Å². The lowest BCUT2D eigenvalue weighted by Crippen LogP contribution is -2.24. The van der Waals surface area contributed by atoms with Gasteiger partial charge in [-0.25, -0.2) is 4.98 Å². The van der Waals surface area contributed by atoms with Crippen molar-refractivity contribution in [1.29, 1.82) is 0 Å². The molecule has 0 aliphatic heterocycles. The predicted octanol–water partition coefficient (Wildman–Crippen LogP) is 2.27. The molecule has 2 N–H and O–H groups in total. The smallest absolute Gasteiger partial charge is 0.227 e. The summed E-state index contributed by atoms with van der Waals surface area (Å²) < 4.78 is 0. The first-order valence-corrected chi connectivity index (χ1v) is 7.16. The van der Waals surface area contributed by atoms with Crippen molar-refractivity contribution in [3.8, 4) is 0 Å². The minimum Gasteiger partial charge on any atom is -0.396 e. The summed E-state index contributed by atoms with van der Waals surface area (Å²) in [5, 5.41) is 13.2. The molecular weight excluding hydrogens is 252 g/mol. The van der Waals surface area contributed by atoms with Crippen LogP contribution >= 0.6 is 0 Å². The molecule has 20 heavy (non-hydrogen) atoms. The van der Waals surface area contributed by atoms with Crippen LogP contribution < -0.4 is 10.2 Å². The zero-order valence-corrected chi connectivity index (χ0v) is 12.1. The Balaban J connectivity index is 2.40. The first-order chi connectivity index (χ1) is 9.80. The number of aromatic nitrogens is 2. The van der Waals surface area contributed by atoms with E-state index in [9.17, 15) is 0 Å². The lowest BCUT2D eigenvalue weighted by molar-refractivity contribution is 0.292. The van der Waals surface area contributed by atoms with Gasteiger partial charge in [0, 0.05) is 31.6 Å². The van der Waals surface area contributed by atoms with E-state index in [0.717, 1.165) is 35.8 Å². The molecule has 0 amide bonds. The summed E-state index contributed by atoms with van der Waals surface area (Å²) in [5.41, 5.74) is 0.941. The van der Waals surface area contributed by atoms with Gasteiger partial charge in [-0.15, -0.1) is 0 Å². The highest BCUT2D eigenvalue weighted by molar-refractivity contribution is 5.90. The van der Waals surface area contributed by atoms with Crippen LogP contribution in [0, 0.1) is 0 Å². The van der Waals surface area contributed by atoms with E-state index in [0.29, 0.717) is 13.0 Å². The molecular formula is C15H22N4O. The zero-order valence-electron chi connectivity index (χ0n) is 12.1. The molecule has 2 aromatic rings. The Bertz CT molecular complexity index is 555. The van der Waals surface area contributed by atoms with Crippen molar-refractivity contribution in [1.82, 2.24) is 9.97 Å². The molecule has 0 saturated carbocycles. The van der Waals surface area contributed by atoms with E-state index in [4.69, 9.17) is 5.11 Å². The number of aliphatic hydroxyl groups excluding tert-OH is 1. The number of aliphatic hydroxyl groups is 1. The predicted molar refractivity (Wildman–Crippen MR) is 83.3 cm³/mol. The molecule has 0 aliphatic carbocycles. The molecule has 0 radical (unpaired) electrons. The number of rotatable bonds is 7. The highest BCUT2D eigenvalue weighted by Crippen LogP contribution is 2.23. The molecule has 0 unspecified atom stereocenters. The van der Waals surface area contributed by atoms with Crippen LogP contribution in [0.2, 0.25) is 0 Å². The molecule has 0 fully saturated rings. The molecule has 0 aliphatic rings. The van der Waals surface area contributed by atoms with Gasteiger partial charge in [-0.1, -0.05) is 12.1 Å². The Morgan fingerprint density at radius 2 is 1.90 bits per heavy atom. The van der Waals surface area contributed by atoms with Gasteiger partial charge in [0.05, 0.1) is 5.52 Å². The maximum absolute atomic E-state index is 8.90. The minimum absolute atomic E-state index is 0.179. The monoisotopic (exact) mass is 274 g/mol. The molecule has 1 aromatic carbocycles. The van der Waals surface area contributed by atoms with Gasteiger partial charge in [0.15, 0.2) is 0 Å². The van der Waals surface area contributed by atoms with Gasteiger partial charge in [-0.3, -0.25) is 0 Å². The maximum Gasteiger partial charge on any atom is 0.227 e. The average molecular weight is 274 g/mol. The SMILES string of the molecule is CCN(CC)c1nc(NCCCO)c2ccccc2n1. The van der Waals surface area contributed by atoms with Crippen molar-refractivity contribution in [3.63, 3.8) is 0 Å². The second-order valence-electron chi connectivity index (χ2n) is 4.57. The largest absolute Gasteiger partial charge is 0.396 e. The quantitative estimate of drug-likeness (QED) is 0.758. The molecule has 0 saturated heterocycles. The van der Waals surface area contributed by atoms with Crippen LogP contribution in [-0.2, 0) is 0 Å². The van der Waals surface area contributed by atoms with Crippen LogP contribution in [0.15, 0.2) is 24.3 Å². The molecule has 5 nitrogen and oxygen atoms in total. The summed E-state index contributed by atoms with van der Waals surface area (Å²) in [6.07, 6.45) is 0.707. The van der Waals surface area contributed by atoms with Gasteiger partial charge < -0.3 is 15.3 Å². The number of hydrogen-bond acceptors (Lipinski definition) is 5. The van der Waals surface area contributed by atoms with E-state index in [1.165, 1.54) is 0 Å². The third-order valence-electron chi connectivity index (χ3n) is 3.27. The van der Waals surface area contributed by atoms with Crippen molar-refractivity contribution >= 4 is 22.7 Å². The van der Waals surface area contributed by atoms with Crippen molar-refractivity contribution in [2.24, 2.45) is 0 Å². The van der Waals surface area contributed by atoms with Gasteiger partial charge in [0.1, 0.15) is 5.82 Å². The third-order valence-corrected chi connectivity index (χ3v) is 3.27. The molecule has 2 rings (SSSR count). The molecule has 0 bridgehead atoms. The Morgan fingerprint density at radius 3 is 2.60 bits per heavy atom. The fourth-order valence-corrected chi connectivity index (χ4v) is 2.13. The van der Waals surface area contributed by atoms with Gasteiger partial charge >= 0.3 is 0 Å². The number of benzene rings is 1. The molecule has 0 spiro atoms. The number of nitrogens with one attached hydrogen (secondary N) is 1. The molecule has 108 valence electrons. The van der Waals surface area contributed by atoms with Crippen LogP contribution in [0.25, 0.3) is 10.9 Å². The van der Waals surface area contributed by atoms with Crippen molar-refractivity contribution < 1.29 is 5.11 Å². The summed E-state index contributed by atoms with van der Waals surface area (Å²) in [6, 6.07) is 7.99. The summed E-state index contributed by atoms with van der Waals surface area (Å²) in [5.74, 6) is 1.59. The van der Waals surface area contributed by atoms with Crippen LogP contribution in [-0.4, -0.2) is 41.3 Å². The van der Waals surface area contributed by atoms with Gasteiger partial charge in [-0.2, -0.15) is 4.98 Å². The zero-order chi connectivity index (χ0) is 14.4. The van der Waals surface area contributed by atoms with Crippen LogP contribution in [0.1, 0.15) is 20.3 Å². The standard InChI is InChI=1S/C15H22N4O/c1-3-19(4-2)15-17-13-9-6-5-8-12(13)14(18-15)16-10-7-11-20/h5-6,8-9,20H,3-4,7,10-11H2,1-2H3,(H,16,17,18). The Morgan fingerprint density at radius 1 is 1.15 bits per heavy atom. The highest BCUT2D eigenvalue weighted by Gasteiger charge is 2.10. The lowest BCUT2D eigenvalue weighted by atomic mass is 10.2. The van der Waals surface area contributed by atoms with Crippen molar-refractivity contribution in [2.75, 3.05) is 36.5 Å². The van der Waals surface area contributed by atoms with E-state index in [1.54, 1.807) is 0 Å².